The zero-order valence-corrected chi connectivity index (χ0v) is 16.6. The number of rotatable bonds is 4. The topological polar surface area (TPSA) is 85.1 Å². The summed E-state index contributed by atoms with van der Waals surface area (Å²) in [4.78, 5) is 28.9. The summed E-state index contributed by atoms with van der Waals surface area (Å²) in [5.41, 5.74) is 2.11. The van der Waals surface area contributed by atoms with Gasteiger partial charge in [-0.25, -0.2) is 4.98 Å². The van der Waals surface area contributed by atoms with Crippen LogP contribution in [-0.2, 0) is 9.67 Å². The number of amides is 1. The zero-order chi connectivity index (χ0) is 20.2. The molecule has 0 aliphatic carbocycles. The molecule has 2 aliphatic rings. The number of carbonyl (C=O) groups is 1. The Morgan fingerprint density at radius 2 is 1.83 bits per heavy atom. The molecule has 4 atom stereocenters. The van der Waals surface area contributed by atoms with Gasteiger partial charge in [0.15, 0.2) is 4.87 Å². The first kappa shape index (κ1) is 18.1. The van der Waals surface area contributed by atoms with Crippen LogP contribution in [0.5, 0.6) is 0 Å². The Morgan fingerprint density at radius 1 is 1.10 bits per heavy atom. The van der Waals surface area contributed by atoms with Crippen LogP contribution in [0.15, 0.2) is 66.7 Å². The first-order valence-corrected chi connectivity index (χ1v) is 10.4. The molecule has 2 fully saturated rings. The van der Waals surface area contributed by atoms with E-state index in [2.05, 4.69) is 5.32 Å². The first-order chi connectivity index (χ1) is 14.0. The number of piperidine rings is 1. The highest BCUT2D eigenvalue weighted by Gasteiger charge is 2.77. The van der Waals surface area contributed by atoms with Gasteiger partial charge in [-0.05, 0) is 24.1 Å². The Labute approximate surface area is 171 Å². The van der Waals surface area contributed by atoms with Crippen molar-refractivity contribution in [3.63, 3.8) is 0 Å². The Balaban J connectivity index is 1.75. The molecule has 0 spiro atoms. The van der Waals surface area contributed by atoms with E-state index in [1.54, 1.807) is 0 Å². The molecule has 1 amide bonds. The fourth-order valence-electron chi connectivity index (χ4n) is 4.84. The van der Waals surface area contributed by atoms with E-state index in [9.17, 15) is 14.9 Å². The van der Waals surface area contributed by atoms with Gasteiger partial charge in [-0.1, -0.05) is 61.5 Å². The highest BCUT2D eigenvalue weighted by atomic mass is 32.2. The number of hydrogen-bond acceptors (Lipinski definition) is 5. The number of nitrogens with zero attached hydrogens (tertiary/aromatic N) is 2. The molecule has 6 nitrogen and oxygen atoms in total. The lowest BCUT2D eigenvalue weighted by Crippen LogP contribution is -2.60. The summed E-state index contributed by atoms with van der Waals surface area (Å²) in [5, 5.41) is 16.3. The van der Waals surface area contributed by atoms with Crippen LogP contribution in [0.25, 0.3) is 10.9 Å². The number of hydrogen-bond donors (Lipinski definition) is 1. The molecule has 2 aliphatic heterocycles. The van der Waals surface area contributed by atoms with Crippen LogP contribution in [0, 0.1) is 10.1 Å². The molecule has 1 aromatic heterocycles. The van der Waals surface area contributed by atoms with Gasteiger partial charge >= 0.3 is 0 Å². The molecule has 2 bridgehead atoms. The number of thioether (sulfide) groups is 1. The van der Waals surface area contributed by atoms with Gasteiger partial charge in [-0.15, -0.1) is 11.8 Å². The maximum atomic E-state index is 13.2. The predicted molar refractivity (Wildman–Crippen MR) is 112 cm³/mol. The van der Waals surface area contributed by atoms with Crippen molar-refractivity contribution in [1.29, 1.82) is 0 Å². The fourth-order valence-corrected chi connectivity index (χ4v) is 6.80. The lowest BCUT2D eigenvalue weighted by molar-refractivity contribution is -0.535. The van der Waals surface area contributed by atoms with E-state index in [0.29, 0.717) is 12.1 Å². The third-order valence-corrected chi connectivity index (χ3v) is 8.12. The second-order valence-electron chi connectivity index (χ2n) is 7.54. The van der Waals surface area contributed by atoms with Crippen molar-refractivity contribution in [2.45, 2.75) is 34.9 Å². The molecule has 7 heteroatoms. The van der Waals surface area contributed by atoms with Crippen LogP contribution in [0.4, 0.5) is 0 Å². The van der Waals surface area contributed by atoms with Gasteiger partial charge in [0.25, 0.3) is 6.04 Å². The maximum absolute atomic E-state index is 13.2. The minimum absolute atomic E-state index is 0.146. The number of carbonyl (C=O) groups excluding carboxylic acids is 1. The monoisotopic (exact) mass is 405 g/mol. The summed E-state index contributed by atoms with van der Waals surface area (Å²) in [6.07, 6.45) is 0.503. The largest absolute Gasteiger partial charge is 0.329 e. The number of para-hydroxylation sites is 1. The van der Waals surface area contributed by atoms with Crippen LogP contribution in [-0.4, -0.2) is 26.6 Å². The normalized spacial score (nSPS) is 30.4. The zero-order valence-electron chi connectivity index (χ0n) is 15.7. The third-order valence-electron chi connectivity index (χ3n) is 6.15. The molecule has 0 saturated carbocycles. The molecule has 29 heavy (non-hydrogen) atoms. The van der Waals surface area contributed by atoms with Gasteiger partial charge in [0, 0.05) is 10.3 Å². The van der Waals surface area contributed by atoms with E-state index in [-0.39, 0.29) is 10.8 Å². The minimum Gasteiger partial charge on any atom is -0.329 e. The molecule has 2 aromatic carbocycles. The van der Waals surface area contributed by atoms with E-state index in [4.69, 9.17) is 4.98 Å². The number of benzene rings is 2. The van der Waals surface area contributed by atoms with E-state index < -0.39 is 21.6 Å². The minimum atomic E-state index is -1.19. The molecule has 5 rings (SSSR count). The van der Waals surface area contributed by atoms with Crippen molar-refractivity contribution in [1.82, 2.24) is 10.3 Å². The summed E-state index contributed by atoms with van der Waals surface area (Å²) in [6, 6.07) is 19.7. The lowest BCUT2D eigenvalue weighted by atomic mass is 9.72. The quantitative estimate of drug-likeness (QED) is 0.527. The van der Waals surface area contributed by atoms with Crippen LogP contribution in [0.2, 0.25) is 0 Å². The first-order valence-electron chi connectivity index (χ1n) is 9.59. The smallest absolute Gasteiger partial charge is 0.259 e. The SMILES string of the molecule is CCC12SC(c3ccc4ccccc4n3)(NC1=O)C([N+](=O)[O-])C2c1ccccc1. The summed E-state index contributed by atoms with van der Waals surface area (Å²) in [5.74, 6) is -0.678. The van der Waals surface area contributed by atoms with Gasteiger partial charge < -0.3 is 5.32 Å². The Bertz CT molecular complexity index is 1140. The Morgan fingerprint density at radius 3 is 2.55 bits per heavy atom. The van der Waals surface area contributed by atoms with Gasteiger partial charge in [0.1, 0.15) is 4.75 Å². The molecular weight excluding hydrogens is 386 g/mol. The van der Waals surface area contributed by atoms with Crippen molar-refractivity contribution < 1.29 is 9.72 Å². The molecular formula is C22H19N3O3S. The molecule has 1 N–H and O–H groups in total. The highest BCUT2D eigenvalue weighted by molar-refractivity contribution is 8.03. The molecule has 0 radical (unpaired) electrons. The van der Waals surface area contributed by atoms with E-state index in [1.165, 1.54) is 11.8 Å². The van der Waals surface area contributed by atoms with Crippen LogP contribution >= 0.6 is 11.8 Å². The van der Waals surface area contributed by atoms with E-state index in [1.807, 2.05) is 73.7 Å². The highest BCUT2D eigenvalue weighted by Crippen LogP contribution is 2.67. The second-order valence-corrected chi connectivity index (χ2v) is 9.12. The standard InChI is InChI=1S/C22H19N3O3S/c1-2-21-18(15-9-4-3-5-10-15)19(25(27)28)22(29-21,24-20(21)26)17-13-12-14-8-6-7-11-16(14)23-17/h3-13,18-19H,2H2,1H3,(H,24,26). The third kappa shape index (κ3) is 2.37. The molecule has 3 aromatic rings. The summed E-state index contributed by atoms with van der Waals surface area (Å²) >= 11 is 1.37. The van der Waals surface area contributed by atoms with Crippen molar-refractivity contribution in [3.8, 4) is 0 Å². The van der Waals surface area contributed by atoms with Crippen molar-refractivity contribution >= 4 is 28.6 Å². The van der Waals surface area contributed by atoms with Crippen LogP contribution < -0.4 is 5.32 Å². The van der Waals surface area contributed by atoms with E-state index in [0.717, 1.165) is 16.5 Å². The molecule has 3 heterocycles. The van der Waals surface area contributed by atoms with Crippen molar-refractivity contribution in [2.24, 2.45) is 0 Å². The Hall–Kier alpha value is -2.93. The summed E-state index contributed by atoms with van der Waals surface area (Å²) in [6.45, 7) is 1.93. The molecule has 146 valence electrons. The van der Waals surface area contributed by atoms with Gasteiger partial charge in [0.2, 0.25) is 5.91 Å². The maximum Gasteiger partial charge on any atom is 0.259 e. The average Bonchev–Trinajstić information content (AvgIpc) is 3.23. The van der Waals surface area contributed by atoms with Crippen molar-refractivity contribution in [2.75, 3.05) is 0 Å². The Kier molecular flexibility index (Phi) is 3.93. The number of nitrogens with one attached hydrogen (secondary N) is 1. The fraction of sp³-hybridized carbons (Fsp3) is 0.273. The number of pyridine rings is 1. The summed E-state index contributed by atoms with van der Waals surface area (Å²) < 4.78 is -0.896. The molecule has 2 saturated heterocycles. The van der Waals surface area contributed by atoms with Crippen LogP contribution in [0.3, 0.4) is 0 Å². The van der Waals surface area contributed by atoms with Crippen molar-refractivity contribution in [3.05, 3.63) is 88.1 Å². The van der Waals surface area contributed by atoms with E-state index >= 15 is 0 Å². The number of fused-ring (bicyclic) bond motifs is 3. The molecule has 4 unspecified atom stereocenters. The lowest BCUT2D eigenvalue weighted by Gasteiger charge is -2.35. The summed E-state index contributed by atoms with van der Waals surface area (Å²) in [7, 11) is 0. The van der Waals surface area contributed by atoms with Crippen LogP contribution in [0.1, 0.15) is 30.5 Å². The van der Waals surface area contributed by atoms with Gasteiger partial charge in [0.05, 0.1) is 17.1 Å². The van der Waals surface area contributed by atoms with Gasteiger partial charge in [-0.3, -0.25) is 14.9 Å². The van der Waals surface area contributed by atoms with Gasteiger partial charge in [-0.2, -0.15) is 0 Å². The number of aromatic nitrogens is 1. The second kappa shape index (κ2) is 6.29. The predicted octanol–water partition coefficient (Wildman–Crippen LogP) is 3.84. The number of nitro groups is 1. The average molecular weight is 405 g/mol.